The molecule has 2 atom stereocenters. The van der Waals surface area contributed by atoms with Crippen LogP contribution in [0, 0.1) is 12.8 Å². The fourth-order valence-corrected chi connectivity index (χ4v) is 4.52. The Morgan fingerprint density at radius 3 is 2.83 bits per heavy atom. The van der Waals surface area contributed by atoms with Crippen molar-refractivity contribution in [2.45, 2.75) is 38.6 Å². The fourth-order valence-electron chi connectivity index (χ4n) is 4.52. The highest BCUT2D eigenvalue weighted by molar-refractivity contribution is 5.99. The van der Waals surface area contributed by atoms with Crippen molar-refractivity contribution < 1.29 is 9.59 Å². The van der Waals surface area contributed by atoms with Gasteiger partial charge in [-0.05, 0) is 56.7 Å². The first kappa shape index (κ1) is 19.6. The zero-order chi connectivity index (χ0) is 20.4. The van der Waals surface area contributed by atoms with Crippen molar-refractivity contribution in [3.05, 3.63) is 45.7 Å². The summed E-state index contributed by atoms with van der Waals surface area (Å²) in [5, 5.41) is 7.13. The lowest BCUT2D eigenvalue weighted by atomic mass is 9.96. The molecule has 3 N–H and O–H groups in total. The first-order valence-electron chi connectivity index (χ1n) is 10.5. The van der Waals surface area contributed by atoms with Crippen LogP contribution in [0.5, 0.6) is 0 Å². The van der Waals surface area contributed by atoms with E-state index in [1.54, 1.807) is 4.90 Å². The Kier molecular flexibility index (Phi) is 5.67. The lowest BCUT2D eigenvalue weighted by molar-refractivity contribution is -0.123. The quantitative estimate of drug-likeness (QED) is 0.731. The summed E-state index contributed by atoms with van der Waals surface area (Å²) in [5.41, 5.74) is 1.35. The molecule has 2 saturated heterocycles. The molecule has 1 aromatic carbocycles. The minimum Gasteiger partial charge on any atom is -0.354 e. The van der Waals surface area contributed by atoms with Gasteiger partial charge in [0.2, 0.25) is 5.91 Å². The number of aromatic amines is 1. The predicted molar refractivity (Wildman–Crippen MR) is 112 cm³/mol. The number of aromatic nitrogens is 1. The van der Waals surface area contributed by atoms with Gasteiger partial charge in [-0.25, -0.2) is 0 Å². The van der Waals surface area contributed by atoms with Gasteiger partial charge < -0.3 is 20.5 Å². The molecule has 7 nitrogen and oxygen atoms in total. The Labute approximate surface area is 169 Å². The Morgan fingerprint density at radius 2 is 2.03 bits per heavy atom. The SMILES string of the molecule is Cc1c(C(=O)N2CCCC(CNC(=O)C3CCCN3)C2)c(=O)[nH]c2ccccc12. The van der Waals surface area contributed by atoms with Crippen molar-refractivity contribution >= 4 is 22.7 Å². The molecule has 2 aliphatic rings. The van der Waals surface area contributed by atoms with Crippen molar-refractivity contribution in [2.24, 2.45) is 5.92 Å². The number of amides is 2. The Morgan fingerprint density at radius 1 is 1.21 bits per heavy atom. The maximum Gasteiger partial charge on any atom is 0.261 e. The molecule has 4 rings (SSSR count). The smallest absolute Gasteiger partial charge is 0.261 e. The zero-order valence-electron chi connectivity index (χ0n) is 16.8. The normalized spacial score (nSPS) is 22.0. The third kappa shape index (κ3) is 4.05. The molecule has 2 fully saturated rings. The number of nitrogens with one attached hydrogen (secondary N) is 3. The van der Waals surface area contributed by atoms with Crippen molar-refractivity contribution in [2.75, 3.05) is 26.2 Å². The van der Waals surface area contributed by atoms with Gasteiger partial charge in [0.1, 0.15) is 5.56 Å². The number of nitrogens with zero attached hydrogens (tertiary/aromatic N) is 1. The molecule has 7 heteroatoms. The molecule has 0 radical (unpaired) electrons. The Bertz CT molecular complexity index is 978. The largest absolute Gasteiger partial charge is 0.354 e. The van der Waals surface area contributed by atoms with Crippen LogP contribution in [0.1, 0.15) is 41.6 Å². The van der Waals surface area contributed by atoms with E-state index in [0.717, 1.165) is 48.7 Å². The molecule has 2 aliphatic heterocycles. The number of piperidine rings is 1. The molecule has 2 amide bonds. The van der Waals surface area contributed by atoms with E-state index in [2.05, 4.69) is 15.6 Å². The second-order valence-electron chi connectivity index (χ2n) is 8.15. The van der Waals surface area contributed by atoms with Crippen LogP contribution in [0.3, 0.4) is 0 Å². The number of carbonyl (C=O) groups is 2. The number of fused-ring (bicyclic) bond motifs is 1. The lowest BCUT2D eigenvalue weighted by Gasteiger charge is -2.33. The summed E-state index contributed by atoms with van der Waals surface area (Å²) >= 11 is 0. The number of pyridine rings is 1. The molecule has 3 heterocycles. The van der Waals surface area contributed by atoms with E-state index in [-0.39, 0.29) is 34.9 Å². The summed E-state index contributed by atoms with van der Waals surface area (Å²) in [6, 6.07) is 7.44. The van der Waals surface area contributed by atoms with Crippen LogP contribution in [0.15, 0.2) is 29.1 Å². The molecule has 0 spiro atoms. The number of hydrogen-bond donors (Lipinski definition) is 3. The monoisotopic (exact) mass is 396 g/mol. The standard InChI is InChI=1S/C22H28N4O3/c1-14-16-7-2-3-8-17(16)25-21(28)19(14)22(29)26-11-5-6-15(13-26)12-24-20(27)18-9-4-10-23-18/h2-3,7-8,15,18,23H,4-6,9-13H2,1H3,(H,24,27)(H,25,28). The minimum absolute atomic E-state index is 0.0489. The van der Waals surface area contributed by atoms with E-state index in [9.17, 15) is 14.4 Å². The van der Waals surface area contributed by atoms with Gasteiger partial charge in [-0.3, -0.25) is 14.4 Å². The van der Waals surface area contributed by atoms with Crippen LogP contribution in [0.2, 0.25) is 0 Å². The van der Waals surface area contributed by atoms with Crippen molar-refractivity contribution in [1.29, 1.82) is 0 Å². The molecular formula is C22H28N4O3. The summed E-state index contributed by atoms with van der Waals surface area (Å²) in [5.74, 6) is 0.0358. The van der Waals surface area contributed by atoms with Gasteiger partial charge in [-0.15, -0.1) is 0 Å². The highest BCUT2D eigenvalue weighted by Crippen LogP contribution is 2.21. The van der Waals surface area contributed by atoms with E-state index < -0.39 is 0 Å². The van der Waals surface area contributed by atoms with E-state index >= 15 is 0 Å². The van der Waals surface area contributed by atoms with Crippen molar-refractivity contribution in [1.82, 2.24) is 20.5 Å². The number of rotatable bonds is 4. The summed E-state index contributed by atoms with van der Waals surface area (Å²) in [6.45, 7) is 4.49. The third-order valence-corrected chi connectivity index (χ3v) is 6.14. The molecular weight excluding hydrogens is 368 g/mol. The van der Waals surface area contributed by atoms with Crippen LogP contribution in [-0.2, 0) is 4.79 Å². The number of benzene rings is 1. The number of likely N-dealkylation sites (tertiary alicyclic amines) is 1. The molecule has 0 saturated carbocycles. The Hall–Kier alpha value is -2.67. The summed E-state index contributed by atoms with van der Waals surface area (Å²) in [6.07, 6.45) is 3.75. The van der Waals surface area contributed by atoms with Crippen LogP contribution >= 0.6 is 0 Å². The lowest BCUT2D eigenvalue weighted by Crippen LogP contribution is -2.47. The highest BCUT2D eigenvalue weighted by atomic mass is 16.2. The van der Waals surface area contributed by atoms with E-state index in [1.165, 1.54) is 0 Å². The van der Waals surface area contributed by atoms with E-state index in [4.69, 9.17) is 0 Å². The summed E-state index contributed by atoms with van der Waals surface area (Å²) < 4.78 is 0. The number of para-hydroxylation sites is 1. The summed E-state index contributed by atoms with van der Waals surface area (Å²) in [4.78, 5) is 42.6. The maximum absolute atomic E-state index is 13.2. The molecule has 2 aromatic rings. The van der Waals surface area contributed by atoms with Gasteiger partial charge in [-0.2, -0.15) is 0 Å². The first-order chi connectivity index (χ1) is 14.0. The van der Waals surface area contributed by atoms with Crippen LogP contribution in [-0.4, -0.2) is 53.9 Å². The van der Waals surface area contributed by atoms with Gasteiger partial charge in [-0.1, -0.05) is 18.2 Å². The highest BCUT2D eigenvalue weighted by Gasteiger charge is 2.29. The van der Waals surface area contributed by atoms with Gasteiger partial charge in [0.05, 0.1) is 6.04 Å². The second-order valence-corrected chi connectivity index (χ2v) is 8.15. The topological polar surface area (TPSA) is 94.3 Å². The molecule has 29 heavy (non-hydrogen) atoms. The average Bonchev–Trinajstić information content (AvgIpc) is 3.27. The van der Waals surface area contributed by atoms with Gasteiger partial charge in [0.25, 0.3) is 11.5 Å². The maximum atomic E-state index is 13.2. The summed E-state index contributed by atoms with van der Waals surface area (Å²) in [7, 11) is 0. The predicted octanol–water partition coefficient (Wildman–Crippen LogP) is 1.56. The fraction of sp³-hybridized carbons (Fsp3) is 0.500. The van der Waals surface area contributed by atoms with Crippen LogP contribution in [0.25, 0.3) is 10.9 Å². The molecule has 2 unspecified atom stereocenters. The number of aryl methyl sites for hydroxylation is 1. The molecule has 0 aliphatic carbocycles. The van der Waals surface area contributed by atoms with Gasteiger partial charge >= 0.3 is 0 Å². The number of carbonyl (C=O) groups excluding carboxylic acids is 2. The van der Waals surface area contributed by atoms with E-state index in [1.807, 2.05) is 31.2 Å². The van der Waals surface area contributed by atoms with Crippen LogP contribution in [0.4, 0.5) is 0 Å². The zero-order valence-corrected chi connectivity index (χ0v) is 16.8. The van der Waals surface area contributed by atoms with E-state index in [0.29, 0.717) is 19.6 Å². The average molecular weight is 396 g/mol. The second kappa shape index (κ2) is 8.37. The first-order valence-corrected chi connectivity index (χ1v) is 10.5. The minimum atomic E-state index is -0.339. The molecule has 1 aromatic heterocycles. The molecule has 154 valence electrons. The third-order valence-electron chi connectivity index (χ3n) is 6.14. The van der Waals surface area contributed by atoms with Crippen LogP contribution < -0.4 is 16.2 Å². The van der Waals surface area contributed by atoms with Crippen molar-refractivity contribution in [3.63, 3.8) is 0 Å². The van der Waals surface area contributed by atoms with Gasteiger partial charge in [0.15, 0.2) is 0 Å². The molecule has 0 bridgehead atoms. The van der Waals surface area contributed by atoms with Gasteiger partial charge in [0, 0.05) is 30.5 Å². The number of H-pyrrole nitrogens is 1. The van der Waals surface area contributed by atoms with Crippen molar-refractivity contribution in [3.8, 4) is 0 Å². The number of hydrogen-bond acceptors (Lipinski definition) is 4. The Balaban J connectivity index is 1.45.